The number of likely N-dealkylation sites (N-methyl/N-ethyl adjacent to an activating group) is 1. The first-order valence-electron chi connectivity index (χ1n) is 8.86. The van der Waals surface area contributed by atoms with Crippen molar-refractivity contribution in [2.45, 2.75) is 26.3 Å². The predicted molar refractivity (Wildman–Crippen MR) is 98.7 cm³/mol. The Labute approximate surface area is 143 Å². The summed E-state index contributed by atoms with van der Waals surface area (Å²) in [5.74, 6) is 1.59. The van der Waals surface area contributed by atoms with Crippen LogP contribution in [-0.2, 0) is 0 Å². The maximum Gasteiger partial charge on any atom is 0.227 e. The zero-order valence-corrected chi connectivity index (χ0v) is 14.6. The third-order valence-electron chi connectivity index (χ3n) is 4.75. The second-order valence-corrected chi connectivity index (χ2v) is 6.24. The fraction of sp³-hybridized carbons (Fsp3) is 0.556. The normalized spacial score (nSPS) is 17.2. The van der Waals surface area contributed by atoms with Crippen molar-refractivity contribution >= 4 is 22.7 Å². The summed E-state index contributed by atoms with van der Waals surface area (Å²) >= 11 is 0. The number of hydrogen-bond acceptors (Lipinski definition) is 6. The lowest BCUT2D eigenvalue weighted by Gasteiger charge is -2.34. The highest BCUT2D eigenvalue weighted by Crippen LogP contribution is 2.25. The molecule has 1 aromatic carbocycles. The number of hydrogen-bond donors (Lipinski definition) is 2. The van der Waals surface area contributed by atoms with Crippen molar-refractivity contribution in [2.75, 3.05) is 49.5 Å². The molecule has 0 aliphatic carbocycles. The molecule has 6 nitrogen and oxygen atoms in total. The second-order valence-electron chi connectivity index (χ2n) is 6.24. The van der Waals surface area contributed by atoms with Gasteiger partial charge in [-0.2, -0.15) is 4.98 Å². The first kappa shape index (κ1) is 16.9. The zero-order chi connectivity index (χ0) is 16.9. The number of aliphatic hydroxyl groups is 1. The molecule has 1 aliphatic heterocycles. The summed E-state index contributed by atoms with van der Waals surface area (Å²) < 4.78 is 0. The molecule has 2 heterocycles. The standard InChI is InChI=1S/C18H27N5O/c1-3-14(13-24)19-17-15-7-5-6-8-16(15)20-18(21-17)23-11-9-22(4-2)10-12-23/h5-8,14,24H,3-4,9-13H2,1-2H3,(H,19,20,21). The molecule has 2 N–H and O–H groups in total. The van der Waals surface area contributed by atoms with Crippen LogP contribution in [0.1, 0.15) is 20.3 Å². The molecule has 1 saturated heterocycles. The number of nitrogens with zero attached hydrogens (tertiary/aromatic N) is 4. The predicted octanol–water partition coefficient (Wildman–Crippen LogP) is 1.95. The SMILES string of the molecule is CCC(CO)Nc1nc(N2CCN(CC)CC2)nc2ccccc12. The Hall–Kier alpha value is -1.92. The summed E-state index contributed by atoms with van der Waals surface area (Å²) in [7, 11) is 0. The van der Waals surface area contributed by atoms with Gasteiger partial charge in [-0.1, -0.05) is 26.0 Å². The number of para-hydroxylation sites is 1. The molecule has 130 valence electrons. The van der Waals surface area contributed by atoms with Crippen LogP contribution < -0.4 is 10.2 Å². The van der Waals surface area contributed by atoms with E-state index in [1.54, 1.807) is 0 Å². The van der Waals surface area contributed by atoms with Gasteiger partial charge in [0, 0.05) is 31.6 Å². The maximum absolute atomic E-state index is 9.51. The lowest BCUT2D eigenvalue weighted by Crippen LogP contribution is -2.46. The molecular formula is C18H27N5O. The lowest BCUT2D eigenvalue weighted by molar-refractivity contribution is 0.269. The Morgan fingerprint density at radius 3 is 2.54 bits per heavy atom. The Balaban J connectivity index is 1.91. The van der Waals surface area contributed by atoms with E-state index < -0.39 is 0 Å². The van der Waals surface area contributed by atoms with Crippen LogP contribution >= 0.6 is 0 Å². The van der Waals surface area contributed by atoms with E-state index in [9.17, 15) is 5.11 Å². The van der Waals surface area contributed by atoms with Gasteiger partial charge in [0.25, 0.3) is 0 Å². The van der Waals surface area contributed by atoms with Gasteiger partial charge in [-0.25, -0.2) is 4.98 Å². The van der Waals surface area contributed by atoms with E-state index in [0.29, 0.717) is 0 Å². The van der Waals surface area contributed by atoms with Gasteiger partial charge in [0.15, 0.2) is 0 Å². The van der Waals surface area contributed by atoms with E-state index in [1.807, 2.05) is 24.3 Å². The largest absolute Gasteiger partial charge is 0.394 e. The second kappa shape index (κ2) is 7.77. The van der Waals surface area contributed by atoms with Gasteiger partial charge in [-0.05, 0) is 25.1 Å². The monoisotopic (exact) mass is 329 g/mol. The van der Waals surface area contributed by atoms with Gasteiger partial charge >= 0.3 is 0 Å². The van der Waals surface area contributed by atoms with Crippen molar-refractivity contribution in [3.8, 4) is 0 Å². The highest BCUT2D eigenvalue weighted by atomic mass is 16.3. The summed E-state index contributed by atoms with van der Waals surface area (Å²) in [6.45, 7) is 9.43. The lowest BCUT2D eigenvalue weighted by atomic mass is 10.2. The van der Waals surface area contributed by atoms with Crippen LogP contribution in [0.2, 0.25) is 0 Å². The van der Waals surface area contributed by atoms with Crippen molar-refractivity contribution in [1.82, 2.24) is 14.9 Å². The van der Waals surface area contributed by atoms with Crippen LogP contribution in [0.3, 0.4) is 0 Å². The molecular weight excluding hydrogens is 302 g/mol. The first-order chi connectivity index (χ1) is 11.7. The van der Waals surface area contributed by atoms with Gasteiger partial charge in [0.05, 0.1) is 18.2 Å². The molecule has 24 heavy (non-hydrogen) atoms. The van der Waals surface area contributed by atoms with E-state index in [0.717, 1.165) is 61.8 Å². The summed E-state index contributed by atoms with van der Waals surface area (Å²) in [6.07, 6.45) is 0.847. The minimum atomic E-state index is 0.00750. The van der Waals surface area contributed by atoms with Crippen molar-refractivity contribution in [1.29, 1.82) is 0 Å². The Morgan fingerprint density at radius 2 is 1.88 bits per heavy atom. The van der Waals surface area contributed by atoms with Gasteiger partial charge < -0.3 is 20.2 Å². The van der Waals surface area contributed by atoms with E-state index in [4.69, 9.17) is 9.97 Å². The Kier molecular flexibility index (Phi) is 5.48. The highest BCUT2D eigenvalue weighted by molar-refractivity contribution is 5.90. The number of benzene rings is 1. The topological polar surface area (TPSA) is 64.5 Å². The van der Waals surface area contributed by atoms with Gasteiger partial charge in [-0.15, -0.1) is 0 Å². The summed E-state index contributed by atoms with van der Waals surface area (Å²) in [5.41, 5.74) is 0.940. The molecule has 0 amide bonds. The molecule has 2 aromatic rings. The highest BCUT2D eigenvalue weighted by Gasteiger charge is 2.20. The fourth-order valence-electron chi connectivity index (χ4n) is 3.05. The van der Waals surface area contributed by atoms with Gasteiger partial charge in [-0.3, -0.25) is 0 Å². The Bertz CT molecular complexity index is 666. The molecule has 1 atom stereocenters. The third-order valence-corrected chi connectivity index (χ3v) is 4.75. The summed E-state index contributed by atoms with van der Waals surface area (Å²) in [5, 5.41) is 13.9. The van der Waals surface area contributed by atoms with Crippen molar-refractivity contribution < 1.29 is 5.11 Å². The summed E-state index contributed by atoms with van der Waals surface area (Å²) in [4.78, 5) is 14.2. The number of aliphatic hydroxyl groups excluding tert-OH is 1. The van der Waals surface area contributed by atoms with Crippen LogP contribution in [0, 0.1) is 0 Å². The molecule has 0 spiro atoms. The zero-order valence-electron chi connectivity index (χ0n) is 14.6. The van der Waals surface area contributed by atoms with Crippen LogP contribution in [0.15, 0.2) is 24.3 Å². The number of fused-ring (bicyclic) bond motifs is 1. The molecule has 0 saturated carbocycles. The van der Waals surface area contributed by atoms with Gasteiger partial charge in [0.2, 0.25) is 5.95 Å². The number of rotatable bonds is 6. The smallest absolute Gasteiger partial charge is 0.227 e. The van der Waals surface area contributed by atoms with E-state index in [1.165, 1.54) is 0 Å². The van der Waals surface area contributed by atoms with Crippen LogP contribution in [0.25, 0.3) is 10.9 Å². The molecule has 0 radical (unpaired) electrons. The van der Waals surface area contributed by atoms with Crippen LogP contribution in [0.5, 0.6) is 0 Å². The van der Waals surface area contributed by atoms with E-state index in [2.05, 4.69) is 29.0 Å². The molecule has 1 aliphatic rings. The van der Waals surface area contributed by atoms with E-state index in [-0.39, 0.29) is 12.6 Å². The van der Waals surface area contributed by atoms with Crippen molar-refractivity contribution in [3.05, 3.63) is 24.3 Å². The van der Waals surface area contributed by atoms with Gasteiger partial charge in [0.1, 0.15) is 5.82 Å². The van der Waals surface area contributed by atoms with Crippen LogP contribution in [-0.4, -0.2) is 65.3 Å². The first-order valence-corrected chi connectivity index (χ1v) is 8.86. The quantitative estimate of drug-likeness (QED) is 0.845. The van der Waals surface area contributed by atoms with Crippen molar-refractivity contribution in [2.24, 2.45) is 0 Å². The molecule has 0 bridgehead atoms. The molecule has 1 unspecified atom stereocenters. The third kappa shape index (κ3) is 3.60. The molecule has 1 fully saturated rings. The molecule has 1 aromatic heterocycles. The number of piperazine rings is 1. The van der Waals surface area contributed by atoms with E-state index >= 15 is 0 Å². The number of anilines is 2. The van der Waals surface area contributed by atoms with Crippen LogP contribution in [0.4, 0.5) is 11.8 Å². The minimum Gasteiger partial charge on any atom is -0.394 e. The minimum absolute atomic E-state index is 0.00750. The Morgan fingerprint density at radius 1 is 1.12 bits per heavy atom. The average Bonchev–Trinajstić information content (AvgIpc) is 2.65. The molecule has 6 heteroatoms. The number of nitrogens with one attached hydrogen (secondary N) is 1. The summed E-state index contributed by atoms with van der Waals surface area (Å²) in [6, 6.07) is 8.06. The van der Waals surface area contributed by atoms with Crippen molar-refractivity contribution in [3.63, 3.8) is 0 Å². The maximum atomic E-state index is 9.51. The molecule has 3 rings (SSSR count). The average molecular weight is 329 g/mol. The fourth-order valence-corrected chi connectivity index (χ4v) is 3.05. The number of aromatic nitrogens is 2.